The SMILES string of the molecule is C[C@@H]1Cc2cc(C(=O)NCc3cccc(Cl)c3)ccc2N1S(C)(=O)=O. The third-order valence-electron chi connectivity index (χ3n) is 4.19. The van der Waals surface area contributed by atoms with Crippen LogP contribution in [0.2, 0.25) is 5.02 Å². The molecule has 132 valence electrons. The molecule has 0 saturated heterocycles. The molecule has 0 bridgehead atoms. The van der Waals surface area contributed by atoms with E-state index < -0.39 is 10.0 Å². The van der Waals surface area contributed by atoms with Crippen LogP contribution in [0, 0.1) is 0 Å². The Morgan fingerprint density at radius 2 is 2.04 bits per heavy atom. The van der Waals surface area contributed by atoms with Gasteiger partial charge in [0.05, 0.1) is 11.9 Å². The number of nitrogens with zero attached hydrogens (tertiary/aromatic N) is 1. The van der Waals surface area contributed by atoms with Crippen LogP contribution in [0.1, 0.15) is 28.4 Å². The third kappa shape index (κ3) is 3.80. The van der Waals surface area contributed by atoms with Gasteiger partial charge in [-0.05, 0) is 54.8 Å². The van der Waals surface area contributed by atoms with Crippen LogP contribution in [0.15, 0.2) is 42.5 Å². The van der Waals surface area contributed by atoms with Gasteiger partial charge in [-0.2, -0.15) is 0 Å². The predicted molar refractivity (Wildman–Crippen MR) is 99.6 cm³/mol. The molecule has 1 amide bonds. The molecule has 1 atom stereocenters. The zero-order valence-electron chi connectivity index (χ0n) is 14.0. The van der Waals surface area contributed by atoms with Gasteiger partial charge in [-0.15, -0.1) is 0 Å². The number of fused-ring (bicyclic) bond motifs is 1. The monoisotopic (exact) mass is 378 g/mol. The highest BCUT2D eigenvalue weighted by molar-refractivity contribution is 7.92. The number of halogens is 1. The van der Waals surface area contributed by atoms with E-state index in [1.165, 1.54) is 10.6 Å². The number of hydrogen-bond acceptors (Lipinski definition) is 3. The summed E-state index contributed by atoms with van der Waals surface area (Å²) in [5.41, 5.74) is 2.96. The average molecular weight is 379 g/mol. The molecule has 0 unspecified atom stereocenters. The van der Waals surface area contributed by atoms with E-state index in [-0.39, 0.29) is 11.9 Å². The summed E-state index contributed by atoms with van der Waals surface area (Å²) >= 11 is 5.94. The van der Waals surface area contributed by atoms with Gasteiger partial charge >= 0.3 is 0 Å². The van der Waals surface area contributed by atoms with Gasteiger partial charge in [0, 0.05) is 23.2 Å². The van der Waals surface area contributed by atoms with Crippen LogP contribution in [-0.2, 0) is 23.0 Å². The maximum Gasteiger partial charge on any atom is 0.251 e. The Kier molecular flexibility index (Phi) is 4.75. The molecule has 7 heteroatoms. The van der Waals surface area contributed by atoms with E-state index in [2.05, 4.69) is 5.32 Å². The number of amides is 1. The lowest BCUT2D eigenvalue weighted by molar-refractivity contribution is 0.0951. The summed E-state index contributed by atoms with van der Waals surface area (Å²) in [6.45, 7) is 2.24. The van der Waals surface area contributed by atoms with Crippen molar-refractivity contribution in [3.8, 4) is 0 Å². The van der Waals surface area contributed by atoms with Crippen LogP contribution in [0.25, 0.3) is 0 Å². The second-order valence-corrected chi connectivity index (χ2v) is 8.56. The van der Waals surface area contributed by atoms with Crippen molar-refractivity contribution in [1.82, 2.24) is 5.32 Å². The lowest BCUT2D eigenvalue weighted by atomic mass is 10.1. The van der Waals surface area contributed by atoms with E-state index in [9.17, 15) is 13.2 Å². The van der Waals surface area contributed by atoms with E-state index in [0.717, 1.165) is 11.1 Å². The second kappa shape index (κ2) is 6.69. The van der Waals surface area contributed by atoms with E-state index >= 15 is 0 Å². The molecule has 1 heterocycles. The highest BCUT2D eigenvalue weighted by Gasteiger charge is 2.32. The number of benzene rings is 2. The molecule has 2 aromatic rings. The first-order valence-corrected chi connectivity index (χ1v) is 10.1. The number of carbonyl (C=O) groups is 1. The van der Waals surface area contributed by atoms with E-state index in [1.54, 1.807) is 30.3 Å². The number of carbonyl (C=O) groups excluding carboxylic acids is 1. The number of nitrogens with one attached hydrogen (secondary N) is 1. The molecule has 3 rings (SSSR count). The summed E-state index contributed by atoms with van der Waals surface area (Å²) in [7, 11) is -3.33. The van der Waals surface area contributed by atoms with Crippen molar-refractivity contribution in [3.05, 3.63) is 64.2 Å². The van der Waals surface area contributed by atoms with Crippen molar-refractivity contribution >= 4 is 33.2 Å². The van der Waals surface area contributed by atoms with Crippen LogP contribution in [0.4, 0.5) is 5.69 Å². The molecule has 0 spiro atoms. The minimum absolute atomic E-state index is 0.144. The Balaban J connectivity index is 1.76. The summed E-state index contributed by atoms with van der Waals surface area (Å²) in [5, 5.41) is 3.48. The maximum absolute atomic E-state index is 12.4. The molecular weight excluding hydrogens is 360 g/mol. The summed E-state index contributed by atoms with van der Waals surface area (Å²) in [6.07, 6.45) is 1.79. The first-order valence-electron chi connectivity index (χ1n) is 7.90. The minimum Gasteiger partial charge on any atom is -0.348 e. The lowest BCUT2D eigenvalue weighted by Crippen LogP contribution is -2.34. The molecular formula is C18H19ClN2O3S. The first kappa shape index (κ1) is 17.8. The van der Waals surface area contributed by atoms with Gasteiger partial charge in [-0.3, -0.25) is 9.10 Å². The Labute approximate surface area is 152 Å². The standard InChI is InChI=1S/C18H19ClN2O3S/c1-12-8-15-10-14(6-7-17(15)21(12)25(2,23)24)18(22)20-11-13-4-3-5-16(19)9-13/h3-7,9-10,12H,8,11H2,1-2H3,(H,20,22)/t12-/m1/s1. The van der Waals surface area contributed by atoms with Crippen LogP contribution in [0.3, 0.4) is 0 Å². The fraction of sp³-hybridized carbons (Fsp3) is 0.278. The number of rotatable bonds is 4. The predicted octanol–water partition coefficient (Wildman–Crippen LogP) is 2.98. The summed E-state index contributed by atoms with van der Waals surface area (Å²) in [6, 6.07) is 12.3. The van der Waals surface area contributed by atoms with Gasteiger partial charge in [0.25, 0.3) is 5.91 Å². The Bertz CT molecular complexity index is 928. The Morgan fingerprint density at radius 1 is 1.28 bits per heavy atom. The van der Waals surface area contributed by atoms with E-state index in [1.807, 2.05) is 19.1 Å². The lowest BCUT2D eigenvalue weighted by Gasteiger charge is -2.21. The van der Waals surface area contributed by atoms with Crippen molar-refractivity contribution in [2.24, 2.45) is 0 Å². The van der Waals surface area contributed by atoms with Crippen molar-refractivity contribution in [2.45, 2.75) is 25.9 Å². The fourth-order valence-electron chi connectivity index (χ4n) is 3.18. The maximum atomic E-state index is 12.4. The zero-order valence-corrected chi connectivity index (χ0v) is 15.6. The topological polar surface area (TPSA) is 66.5 Å². The molecule has 0 fully saturated rings. The fourth-order valence-corrected chi connectivity index (χ4v) is 4.66. The molecule has 5 nitrogen and oxygen atoms in total. The number of hydrogen-bond donors (Lipinski definition) is 1. The molecule has 0 radical (unpaired) electrons. The normalized spacial score (nSPS) is 16.6. The summed E-state index contributed by atoms with van der Waals surface area (Å²) in [5.74, 6) is -0.201. The second-order valence-electron chi connectivity index (χ2n) is 6.27. The molecule has 1 aliphatic rings. The van der Waals surface area contributed by atoms with Crippen molar-refractivity contribution in [1.29, 1.82) is 0 Å². The zero-order chi connectivity index (χ0) is 18.2. The quantitative estimate of drug-likeness (QED) is 0.889. The van der Waals surface area contributed by atoms with E-state index in [4.69, 9.17) is 11.6 Å². The Morgan fingerprint density at radius 3 is 2.72 bits per heavy atom. The van der Waals surface area contributed by atoms with Crippen molar-refractivity contribution < 1.29 is 13.2 Å². The van der Waals surface area contributed by atoms with Crippen LogP contribution in [-0.4, -0.2) is 26.6 Å². The van der Waals surface area contributed by atoms with Crippen molar-refractivity contribution in [2.75, 3.05) is 10.6 Å². The number of anilines is 1. The van der Waals surface area contributed by atoms with Gasteiger partial charge in [0.2, 0.25) is 10.0 Å². The largest absolute Gasteiger partial charge is 0.348 e. The molecule has 1 aliphatic heterocycles. The summed E-state index contributed by atoms with van der Waals surface area (Å²) < 4.78 is 25.3. The van der Waals surface area contributed by atoms with Crippen molar-refractivity contribution in [3.63, 3.8) is 0 Å². The number of sulfonamides is 1. The van der Waals surface area contributed by atoms with Crippen LogP contribution < -0.4 is 9.62 Å². The molecule has 0 aromatic heterocycles. The highest BCUT2D eigenvalue weighted by Crippen LogP contribution is 2.34. The molecule has 2 aromatic carbocycles. The van der Waals surface area contributed by atoms with Gasteiger partial charge in [0.1, 0.15) is 0 Å². The average Bonchev–Trinajstić information content (AvgIpc) is 2.87. The molecule has 25 heavy (non-hydrogen) atoms. The van der Waals surface area contributed by atoms with Crippen LogP contribution >= 0.6 is 11.6 Å². The summed E-state index contributed by atoms with van der Waals surface area (Å²) in [4.78, 5) is 12.4. The molecule has 1 N–H and O–H groups in total. The van der Waals surface area contributed by atoms with Gasteiger partial charge in [-0.1, -0.05) is 23.7 Å². The highest BCUT2D eigenvalue weighted by atomic mass is 35.5. The molecule has 0 aliphatic carbocycles. The smallest absolute Gasteiger partial charge is 0.251 e. The van der Waals surface area contributed by atoms with E-state index in [0.29, 0.717) is 29.2 Å². The van der Waals surface area contributed by atoms with Crippen LogP contribution in [0.5, 0.6) is 0 Å². The minimum atomic E-state index is -3.33. The third-order valence-corrected chi connectivity index (χ3v) is 5.70. The van der Waals surface area contributed by atoms with Gasteiger partial charge in [0.15, 0.2) is 0 Å². The molecule has 0 saturated carbocycles. The Hall–Kier alpha value is -2.05. The first-order chi connectivity index (χ1) is 11.8. The van der Waals surface area contributed by atoms with Gasteiger partial charge < -0.3 is 5.32 Å². The van der Waals surface area contributed by atoms with Gasteiger partial charge in [-0.25, -0.2) is 8.42 Å².